The molecule has 1 aromatic carbocycles. The maximum absolute atomic E-state index is 10.1. The minimum atomic E-state index is -1.70. The largest absolute Gasteiger partial charge is 0.493 e. The average molecular weight is 404 g/mol. The lowest BCUT2D eigenvalue weighted by atomic mass is 9.55. The summed E-state index contributed by atoms with van der Waals surface area (Å²) >= 11 is 0. The van der Waals surface area contributed by atoms with Gasteiger partial charge in [0.1, 0.15) is 0 Å². The van der Waals surface area contributed by atoms with Crippen LogP contribution in [0.2, 0.25) is 0 Å². The second kappa shape index (κ2) is 8.19. The Balaban J connectivity index is 2.28. The zero-order valence-electron chi connectivity index (χ0n) is 17.7. The van der Waals surface area contributed by atoms with Gasteiger partial charge in [0.15, 0.2) is 11.5 Å². The van der Waals surface area contributed by atoms with Crippen molar-refractivity contribution in [2.24, 2.45) is 17.3 Å². The fourth-order valence-electron chi connectivity index (χ4n) is 4.88. The van der Waals surface area contributed by atoms with E-state index >= 15 is 0 Å². The molecule has 1 fully saturated rings. The van der Waals surface area contributed by atoms with E-state index in [2.05, 4.69) is 32.1 Å². The van der Waals surface area contributed by atoms with Crippen molar-refractivity contribution in [2.75, 3.05) is 27.3 Å². The van der Waals surface area contributed by atoms with E-state index in [1.807, 2.05) is 18.2 Å². The van der Waals surface area contributed by atoms with Crippen molar-refractivity contribution >= 4 is 5.71 Å². The molecule has 154 valence electrons. The number of benzene rings is 1. The summed E-state index contributed by atoms with van der Waals surface area (Å²) in [5.74, 6) is -0.502. The summed E-state index contributed by atoms with van der Waals surface area (Å²) in [6.45, 7) is 5.61. The van der Waals surface area contributed by atoms with Crippen LogP contribution in [-0.4, -0.2) is 39.1 Å². The molecular weight excluding hydrogens is 378 g/mol. The lowest BCUT2D eigenvalue weighted by Crippen LogP contribution is -3.16. The van der Waals surface area contributed by atoms with Gasteiger partial charge in [0.25, 0.3) is 0 Å². The molecule has 1 aliphatic carbocycles. The van der Waals surface area contributed by atoms with E-state index in [4.69, 9.17) is 14.9 Å². The molecule has 2 aliphatic rings. The van der Waals surface area contributed by atoms with Gasteiger partial charge in [-0.1, -0.05) is 12.1 Å². The predicted octanol–water partition coefficient (Wildman–Crippen LogP) is 1.84. The third-order valence-corrected chi connectivity index (χ3v) is 6.49. The van der Waals surface area contributed by atoms with E-state index in [1.54, 1.807) is 20.3 Å². The zero-order valence-corrected chi connectivity index (χ0v) is 17.7. The zero-order chi connectivity index (χ0) is 22.1. The molecule has 4 atom stereocenters. The summed E-state index contributed by atoms with van der Waals surface area (Å²) in [5, 5.41) is 38.7. The van der Waals surface area contributed by atoms with Crippen LogP contribution in [0.4, 0.5) is 0 Å². The van der Waals surface area contributed by atoms with Crippen molar-refractivity contribution < 1.29 is 14.4 Å². The summed E-state index contributed by atoms with van der Waals surface area (Å²) in [5.41, 5.74) is -0.446. The number of fused-ring (bicyclic) bond motifs is 1. The average Bonchev–Trinajstić information content (AvgIpc) is 2.77. The maximum atomic E-state index is 10.1. The normalized spacial score (nSPS) is 27.1. The highest BCUT2D eigenvalue weighted by molar-refractivity contribution is 6.01. The summed E-state index contributed by atoms with van der Waals surface area (Å²) < 4.78 is 11.1. The second-order valence-corrected chi connectivity index (χ2v) is 8.09. The lowest BCUT2D eigenvalue weighted by Gasteiger charge is -2.46. The van der Waals surface area contributed by atoms with Crippen molar-refractivity contribution in [3.05, 3.63) is 35.4 Å². The molecule has 1 unspecified atom stereocenters. The Kier molecular flexibility index (Phi) is 5.83. The number of nitrogens with zero attached hydrogens (tertiary/aromatic N) is 3. The van der Waals surface area contributed by atoms with Gasteiger partial charge in [-0.05, 0) is 31.6 Å². The third kappa shape index (κ3) is 3.02. The van der Waals surface area contributed by atoms with E-state index in [0.717, 1.165) is 5.56 Å². The molecule has 2 N–H and O–H groups in total. The number of nitriles is 3. The molecule has 7 nitrogen and oxygen atoms in total. The van der Waals surface area contributed by atoms with Crippen LogP contribution in [0.15, 0.2) is 29.8 Å². The van der Waals surface area contributed by atoms with Crippen LogP contribution in [0.25, 0.3) is 0 Å². The number of ether oxygens (including phenoxy) is 2. The molecule has 30 heavy (non-hydrogen) atoms. The number of hydrogen-bond donors (Lipinski definition) is 2. The Morgan fingerprint density at radius 1 is 1.17 bits per heavy atom. The smallest absolute Gasteiger partial charge is 0.203 e. The molecule has 0 saturated heterocycles. The highest BCUT2D eigenvalue weighted by Gasteiger charge is 2.58. The third-order valence-electron chi connectivity index (χ3n) is 6.49. The number of nitrogens with one attached hydrogen (secondary N) is 2. The van der Waals surface area contributed by atoms with E-state index in [1.165, 1.54) is 4.90 Å². The first-order chi connectivity index (χ1) is 14.4. The predicted molar refractivity (Wildman–Crippen MR) is 110 cm³/mol. The van der Waals surface area contributed by atoms with Gasteiger partial charge in [-0.15, -0.1) is 0 Å². The molecule has 1 heterocycles. The Morgan fingerprint density at radius 2 is 1.87 bits per heavy atom. The molecule has 0 radical (unpaired) electrons. The topological polar surface area (TPSA) is 118 Å². The van der Waals surface area contributed by atoms with E-state index < -0.39 is 17.3 Å². The maximum Gasteiger partial charge on any atom is 0.203 e. The van der Waals surface area contributed by atoms with Crippen molar-refractivity contribution in [2.45, 2.75) is 25.8 Å². The Hall–Kier alpha value is -3.34. The summed E-state index contributed by atoms with van der Waals surface area (Å²) in [7, 11) is 3.11. The van der Waals surface area contributed by atoms with Crippen molar-refractivity contribution in [3.8, 4) is 29.7 Å². The van der Waals surface area contributed by atoms with E-state index in [9.17, 15) is 15.8 Å². The number of quaternary nitrogens is 1. The first-order valence-corrected chi connectivity index (χ1v) is 9.97. The summed E-state index contributed by atoms with van der Waals surface area (Å²) in [6.07, 6.45) is 1.94. The van der Waals surface area contributed by atoms with Gasteiger partial charge in [0.2, 0.25) is 5.41 Å². The van der Waals surface area contributed by atoms with Crippen molar-refractivity contribution in [1.29, 1.82) is 21.2 Å². The standard InChI is InChI=1S/C23H25N5O2/c1-14(2)28-9-8-18-17(11-28)20(15-6-5-7-19(29-3)21(15)30-4)16(10-24)22(27)23(18,12-25)13-26/h5-8,14,16-17,20,27H,9,11H2,1-4H3/p+1/t16-,17+,20-/m1/s1. The first kappa shape index (κ1) is 21.4. The minimum Gasteiger partial charge on any atom is -0.493 e. The Bertz CT molecular complexity index is 994. The van der Waals surface area contributed by atoms with Gasteiger partial charge in [0.05, 0.1) is 63.2 Å². The molecule has 0 spiro atoms. The molecule has 0 amide bonds. The monoisotopic (exact) mass is 404 g/mol. The fourth-order valence-corrected chi connectivity index (χ4v) is 4.88. The molecule has 0 aromatic heterocycles. The Morgan fingerprint density at radius 3 is 2.40 bits per heavy atom. The van der Waals surface area contributed by atoms with Gasteiger partial charge in [-0.3, -0.25) is 0 Å². The van der Waals surface area contributed by atoms with Gasteiger partial charge in [-0.25, -0.2) is 0 Å². The molecular formula is C23H26N5O2+. The quantitative estimate of drug-likeness (QED) is 0.743. The van der Waals surface area contributed by atoms with Gasteiger partial charge < -0.3 is 19.8 Å². The minimum absolute atomic E-state index is 0.152. The van der Waals surface area contributed by atoms with Crippen molar-refractivity contribution in [1.82, 2.24) is 0 Å². The van der Waals surface area contributed by atoms with Crippen LogP contribution in [0, 0.1) is 56.7 Å². The number of rotatable bonds is 4. The summed E-state index contributed by atoms with van der Waals surface area (Å²) in [6, 6.07) is 12.2. The molecule has 0 bridgehead atoms. The van der Waals surface area contributed by atoms with Gasteiger partial charge in [0, 0.05) is 17.4 Å². The van der Waals surface area contributed by atoms with Crippen LogP contribution in [0.5, 0.6) is 11.5 Å². The van der Waals surface area contributed by atoms with Gasteiger partial charge in [-0.2, -0.15) is 15.8 Å². The molecule has 1 aliphatic heterocycles. The van der Waals surface area contributed by atoms with Gasteiger partial charge >= 0.3 is 0 Å². The number of para-hydroxylation sites is 1. The van der Waals surface area contributed by atoms with Crippen LogP contribution < -0.4 is 14.4 Å². The highest BCUT2D eigenvalue weighted by atomic mass is 16.5. The number of methoxy groups -OCH3 is 2. The van der Waals surface area contributed by atoms with Crippen molar-refractivity contribution in [3.63, 3.8) is 0 Å². The SMILES string of the molecule is COc1cccc([C@@H]2[C@@H](C#N)C(=N)C(C#N)(C#N)C3=CC[NH+](C(C)C)C[C@@H]32)c1OC. The van der Waals surface area contributed by atoms with Crippen LogP contribution >= 0.6 is 0 Å². The molecule has 7 heteroatoms. The highest BCUT2D eigenvalue weighted by Crippen LogP contribution is 2.53. The van der Waals surface area contributed by atoms with E-state index in [0.29, 0.717) is 36.2 Å². The summed E-state index contributed by atoms with van der Waals surface area (Å²) in [4.78, 5) is 1.31. The fraction of sp³-hybridized carbons (Fsp3) is 0.478. The molecule has 1 aromatic rings. The van der Waals surface area contributed by atoms with Crippen LogP contribution in [0.3, 0.4) is 0 Å². The number of hydrogen-bond acceptors (Lipinski definition) is 6. The first-order valence-electron chi connectivity index (χ1n) is 9.97. The van der Waals surface area contributed by atoms with Crippen LogP contribution in [0.1, 0.15) is 25.3 Å². The molecule has 1 saturated carbocycles. The van der Waals surface area contributed by atoms with Crippen LogP contribution in [-0.2, 0) is 0 Å². The van der Waals surface area contributed by atoms with E-state index in [-0.39, 0.29) is 11.6 Å². The molecule has 3 rings (SSSR count). The lowest BCUT2D eigenvalue weighted by molar-refractivity contribution is -0.920. The Labute approximate surface area is 177 Å². The second-order valence-electron chi connectivity index (χ2n) is 8.09.